The van der Waals surface area contributed by atoms with Crippen LogP contribution in [0.15, 0.2) is 71.6 Å². The monoisotopic (exact) mass is 519 g/mol. The molecule has 1 amide bonds. The van der Waals surface area contributed by atoms with E-state index in [4.69, 9.17) is 0 Å². The topological polar surface area (TPSA) is 113 Å². The number of amides is 1. The van der Waals surface area contributed by atoms with Gasteiger partial charge in [-0.1, -0.05) is 6.07 Å². The minimum Gasteiger partial charge on any atom is -0.324 e. The van der Waals surface area contributed by atoms with Crippen molar-refractivity contribution < 1.29 is 26.0 Å². The molecule has 1 atom stereocenters. The zero-order chi connectivity index (χ0) is 26.0. The summed E-state index contributed by atoms with van der Waals surface area (Å²) < 4.78 is 66.6. The first-order valence-corrected chi connectivity index (χ1v) is 13.9. The van der Waals surface area contributed by atoms with E-state index in [1.807, 2.05) is 13.8 Å². The van der Waals surface area contributed by atoms with Crippen molar-refractivity contribution in [3.8, 4) is 0 Å². The Hall–Kier alpha value is -3.44. The van der Waals surface area contributed by atoms with E-state index in [1.54, 1.807) is 18.2 Å². The van der Waals surface area contributed by atoms with Crippen molar-refractivity contribution >= 4 is 43.0 Å². The molecule has 11 heteroatoms. The van der Waals surface area contributed by atoms with Crippen molar-refractivity contribution in [1.29, 1.82) is 0 Å². The molecule has 2 N–H and O–H groups in total. The number of carbonyl (C=O) groups is 1. The second kappa shape index (κ2) is 10.0. The van der Waals surface area contributed by atoms with Crippen molar-refractivity contribution in [1.82, 2.24) is 0 Å². The third-order valence-corrected chi connectivity index (χ3v) is 8.00. The largest absolute Gasteiger partial charge is 0.324 e. The van der Waals surface area contributed by atoms with E-state index in [2.05, 4.69) is 10.0 Å². The van der Waals surface area contributed by atoms with Gasteiger partial charge < -0.3 is 5.32 Å². The molecule has 0 aliphatic rings. The second-order valence-electron chi connectivity index (χ2n) is 8.13. The highest BCUT2D eigenvalue weighted by molar-refractivity contribution is 7.92. The van der Waals surface area contributed by atoms with E-state index in [-0.39, 0.29) is 16.3 Å². The molecule has 3 aromatic carbocycles. The number of anilines is 3. The fraction of sp³-hybridized carbons (Fsp3) is 0.208. The van der Waals surface area contributed by atoms with Crippen LogP contribution in [0.4, 0.5) is 21.5 Å². The Morgan fingerprint density at radius 1 is 0.857 bits per heavy atom. The molecular weight excluding hydrogens is 493 g/mol. The molecule has 3 rings (SSSR count). The van der Waals surface area contributed by atoms with Crippen LogP contribution in [0.2, 0.25) is 0 Å². The summed E-state index contributed by atoms with van der Waals surface area (Å²) >= 11 is 0. The molecule has 0 bridgehead atoms. The Morgan fingerprint density at radius 3 is 1.97 bits per heavy atom. The maximum Gasteiger partial charge on any atom is 0.261 e. The lowest BCUT2D eigenvalue weighted by atomic mass is 10.1. The number of carbonyl (C=O) groups excluding carboxylic acids is 1. The average Bonchev–Trinajstić information content (AvgIpc) is 2.77. The number of hydrogen-bond acceptors (Lipinski definition) is 5. The van der Waals surface area contributed by atoms with Crippen LogP contribution < -0.4 is 14.3 Å². The van der Waals surface area contributed by atoms with Crippen LogP contribution in [0.5, 0.6) is 0 Å². The fourth-order valence-electron chi connectivity index (χ4n) is 3.37. The number of benzene rings is 3. The highest BCUT2D eigenvalue weighted by Gasteiger charge is 2.29. The Labute approximate surface area is 204 Å². The maximum absolute atomic E-state index is 13.0. The summed E-state index contributed by atoms with van der Waals surface area (Å²) in [6.07, 6.45) is 1.03. The lowest BCUT2D eigenvalue weighted by Crippen LogP contribution is -2.45. The number of halogens is 1. The Kier molecular flexibility index (Phi) is 7.51. The summed E-state index contributed by atoms with van der Waals surface area (Å²) in [6, 6.07) is 14.3. The van der Waals surface area contributed by atoms with E-state index in [0.29, 0.717) is 5.69 Å². The van der Waals surface area contributed by atoms with E-state index in [0.717, 1.165) is 33.8 Å². The van der Waals surface area contributed by atoms with Gasteiger partial charge in [0.15, 0.2) is 0 Å². The number of rotatable bonds is 8. The van der Waals surface area contributed by atoms with Gasteiger partial charge in [-0.2, -0.15) is 0 Å². The number of nitrogens with one attached hydrogen (secondary N) is 2. The van der Waals surface area contributed by atoms with Gasteiger partial charge in [0.1, 0.15) is 11.9 Å². The van der Waals surface area contributed by atoms with Gasteiger partial charge in [-0.15, -0.1) is 0 Å². The standard InChI is InChI=1S/C24H26FN3O5S2/c1-16-5-12-22(15-17(16)2)28(34(4,30)31)18(3)24(29)26-20-10-13-23(14-11-20)35(32,33)27-21-8-6-19(25)7-9-21/h5-15,18,27H,1-4H3,(H,26,29)/t18-/m1/s1. The van der Waals surface area contributed by atoms with Crippen molar-refractivity contribution in [3.05, 3.63) is 83.7 Å². The van der Waals surface area contributed by atoms with Gasteiger partial charge in [0.2, 0.25) is 15.9 Å². The molecule has 0 aliphatic heterocycles. The Morgan fingerprint density at radius 2 is 1.43 bits per heavy atom. The number of hydrogen-bond donors (Lipinski definition) is 2. The van der Waals surface area contributed by atoms with Crippen molar-refractivity contribution in [2.45, 2.75) is 31.7 Å². The number of aryl methyl sites for hydroxylation is 2. The predicted octanol–water partition coefficient (Wildman–Crippen LogP) is 4.04. The van der Waals surface area contributed by atoms with Crippen molar-refractivity contribution in [2.75, 3.05) is 20.6 Å². The summed E-state index contributed by atoms with van der Waals surface area (Å²) in [5.41, 5.74) is 2.73. The third kappa shape index (κ3) is 6.37. The lowest BCUT2D eigenvalue weighted by molar-refractivity contribution is -0.116. The first-order valence-electron chi connectivity index (χ1n) is 10.5. The van der Waals surface area contributed by atoms with Crippen LogP contribution >= 0.6 is 0 Å². The molecule has 0 aliphatic carbocycles. The predicted molar refractivity (Wildman–Crippen MR) is 135 cm³/mol. The maximum atomic E-state index is 13.0. The first kappa shape index (κ1) is 26.2. The van der Waals surface area contributed by atoms with Gasteiger partial charge >= 0.3 is 0 Å². The summed E-state index contributed by atoms with van der Waals surface area (Å²) in [6.45, 7) is 5.22. The highest BCUT2D eigenvalue weighted by atomic mass is 32.2. The van der Waals surface area contributed by atoms with Gasteiger partial charge in [-0.05, 0) is 92.6 Å². The molecule has 0 spiro atoms. The van der Waals surface area contributed by atoms with Gasteiger partial charge in [0.05, 0.1) is 16.8 Å². The molecule has 0 saturated carbocycles. The van der Waals surface area contributed by atoms with E-state index in [9.17, 15) is 26.0 Å². The Bertz CT molecular complexity index is 1440. The normalized spacial score (nSPS) is 12.6. The molecule has 3 aromatic rings. The second-order valence-corrected chi connectivity index (χ2v) is 11.7. The summed E-state index contributed by atoms with van der Waals surface area (Å²) in [7, 11) is -7.72. The quantitative estimate of drug-likeness (QED) is 0.467. The SMILES string of the molecule is Cc1ccc(N([C@H](C)C(=O)Nc2ccc(S(=O)(=O)Nc3ccc(F)cc3)cc2)S(C)(=O)=O)cc1C. The molecule has 8 nitrogen and oxygen atoms in total. The van der Waals surface area contributed by atoms with Crippen molar-refractivity contribution in [2.24, 2.45) is 0 Å². The molecule has 0 radical (unpaired) electrons. The van der Waals surface area contributed by atoms with Gasteiger partial charge in [0.25, 0.3) is 10.0 Å². The van der Waals surface area contributed by atoms with Crippen LogP contribution in [0.1, 0.15) is 18.1 Å². The summed E-state index contributed by atoms with van der Waals surface area (Å²) in [4.78, 5) is 12.8. The molecule has 0 unspecified atom stereocenters. The zero-order valence-corrected chi connectivity index (χ0v) is 21.2. The zero-order valence-electron chi connectivity index (χ0n) is 19.6. The fourth-order valence-corrected chi connectivity index (χ4v) is 5.59. The molecular formula is C24H26FN3O5S2. The van der Waals surface area contributed by atoms with E-state index < -0.39 is 37.8 Å². The molecule has 0 aromatic heterocycles. The minimum atomic E-state index is -3.94. The molecule has 186 valence electrons. The van der Waals surface area contributed by atoms with Gasteiger partial charge in [-0.3, -0.25) is 13.8 Å². The number of sulfonamides is 2. The molecule has 0 fully saturated rings. The summed E-state index contributed by atoms with van der Waals surface area (Å²) in [5, 5.41) is 2.62. The van der Waals surface area contributed by atoms with Crippen LogP contribution in [0, 0.1) is 19.7 Å². The Balaban J connectivity index is 1.77. The van der Waals surface area contributed by atoms with E-state index in [1.165, 1.54) is 43.3 Å². The van der Waals surface area contributed by atoms with Crippen molar-refractivity contribution in [3.63, 3.8) is 0 Å². The van der Waals surface area contributed by atoms with Crippen LogP contribution in [-0.4, -0.2) is 35.0 Å². The smallest absolute Gasteiger partial charge is 0.261 e. The molecule has 35 heavy (non-hydrogen) atoms. The molecule has 0 heterocycles. The van der Waals surface area contributed by atoms with E-state index >= 15 is 0 Å². The van der Waals surface area contributed by atoms with Crippen LogP contribution in [0.3, 0.4) is 0 Å². The molecule has 0 saturated heterocycles. The van der Waals surface area contributed by atoms with Crippen LogP contribution in [-0.2, 0) is 24.8 Å². The average molecular weight is 520 g/mol. The highest BCUT2D eigenvalue weighted by Crippen LogP contribution is 2.25. The van der Waals surface area contributed by atoms with Gasteiger partial charge in [-0.25, -0.2) is 21.2 Å². The summed E-state index contributed by atoms with van der Waals surface area (Å²) in [5.74, 6) is -1.08. The first-order chi connectivity index (χ1) is 16.3. The van der Waals surface area contributed by atoms with Crippen LogP contribution in [0.25, 0.3) is 0 Å². The number of nitrogens with zero attached hydrogens (tertiary/aromatic N) is 1. The minimum absolute atomic E-state index is 0.0687. The third-order valence-electron chi connectivity index (χ3n) is 5.36. The van der Waals surface area contributed by atoms with Gasteiger partial charge in [0, 0.05) is 11.4 Å². The lowest BCUT2D eigenvalue weighted by Gasteiger charge is -2.28.